The van der Waals surface area contributed by atoms with Gasteiger partial charge in [-0.25, -0.2) is 4.79 Å². The van der Waals surface area contributed by atoms with E-state index in [1.54, 1.807) is 4.57 Å². The average Bonchev–Trinajstić information content (AvgIpc) is 2.98. The number of carbonyl (C=O) groups is 1. The number of benzene rings is 2. The van der Waals surface area contributed by atoms with E-state index in [0.717, 1.165) is 17.5 Å². The van der Waals surface area contributed by atoms with Gasteiger partial charge >= 0.3 is 5.69 Å². The summed E-state index contributed by atoms with van der Waals surface area (Å²) in [6.45, 7) is 7.73. The van der Waals surface area contributed by atoms with Crippen LogP contribution in [0.3, 0.4) is 0 Å². The first-order chi connectivity index (χ1) is 13.3. The summed E-state index contributed by atoms with van der Waals surface area (Å²) in [5.41, 5.74) is 4.25. The van der Waals surface area contributed by atoms with Crippen molar-refractivity contribution in [2.45, 2.75) is 52.0 Å². The third-order valence-corrected chi connectivity index (χ3v) is 5.02. The first kappa shape index (κ1) is 19.9. The molecular weight excluding hydrogens is 350 g/mol. The van der Waals surface area contributed by atoms with Crippen molar-refractivity contribution in [3.63, 3.8) is 0 Å². The largest absolute Gasteiger partial charge is 0.356 e. The minimum Gasteiger partial charge on any atom is -0.356 e. The Labute approximate surface area is 165 Å². The summed E-state index contributed by atoms with van der Waals surface area (Å²) in [6.07, 6.45) is 1.92. The number of rotatable bonds is 7. The second-order valence-corrected chi connectivity index (χ2v) is 8.25. The molecule has 0 aliphatic rings. The van der Waals surface area contributed by atoms with E-state index in [2.05, 4.69) is 55.3 Å². The number of hydrogen-bond donors (Lipinski definition) is 2. The number of imidazole rings is 1. The molecular formula is C23H29N3O2. The highest BCUT2D eigenvalue weighted by Crippen LogP contribution is 2.22. The first-order valence-electron chi connectivity index (χ1n) is 9.88. The van der Waals surface area contributed by atoms with Crippen LogP contribution in [0.1, 0.15) is 44.7 Å². The highest BCUT2D eigenvalue weighted by atomic mass is 16.2. The molecule has 148 valence electrons. The van der Waals surface area contributed by atoms with Crippen molar-refractivity contribution in [3.05, 3.63) is 70.1 Å². The third-order valence-electron chi connectivity index (χ3n) is 5.02. The van der Waals surface area contributed by atoms with E-state index in [1.807, 2.05) is 24.3 Å². The van der Waals surface area contributed by atoms with Crippen molar-refractivity contribution in [2.24, 2.45) is 0 Å². The van der Waals surface area contributed by atoms with Crippen LogP contribution in [0.25, 0.3) is 11.0 Å². The minimum absolute atomic E-state index is 0.0474. The van der Waals surface area contributed by atoms with Gasteiger partial charge in [-0.05, 0) is 41.5 Å². The maximum Gasteiger partial charge on any atom is 0.326 e. The maximum atomic E-state index is 12.1. The van der Waals surface area contributed by atoms with E-state index < -0.39 is 0 Å². The van der Waals surface area contributed by atoms with Crippen LogP contribution in [0.4, 0.5) is 0 Å². The number of fused-ring (bicyclic) bond motifs is 1. The number of aromatic nitrogens is 2. The van der Waals surface area contributed by atoms with Gasteiger partial charge in [0, 0.05) is 19.5 Å². The molecule has 1 heterocycles. The number of aromatic amines is 1. The predicted octanol–water partition coefficient (Wildman–Crippen LogP) is 3.77. The van der Waals surface area contributed by atoms with Gasteiger partial charge in [-0.1, -0.05) is 57.2 Å². The Morgan fingerprint density at radius 3 is 2.50 bits per heavy atom. The summed E-state index contributed by atoms with van der Waals surface area (Å²) < 4.78 is 1.72. The SMILES string of the molecule is CC(C)(C)c1ccc(CCC(=O)NCCCn2c(=O)[nH]c3ccccc32)cc1. The molecule has 5 heteroatoms. The van der Waals surface area contributed by atoms with Gasteiger partial charge in [0.15, 0.2) is 0 Å². The molecule has 0 radical (unpaired) electrons. The third kappa shape index (κ3) is 4.91. The molecule has 1 aromatic heterocycles. The Balaban J connectivity index is 1.42. The smallest absolute Gasteiger partial charge is 0.326 e. The van der Waals surface area contributed by atoms with E-state index in [0.29, 0.717) is 25.9 Å². The molecule has 2 N–H and O–H groups in total. The number of nitrogens with zero attached hydrogens (tertiary/aromatic N) is 1. The quantitative estimate of drug-likeness (QED) is 0.614. The lowest BCUT2D eigenvalue weighted by Gasteiger charge is -2.19. The molecule has 0 bridgehead atoms. The van der Waals surface area contributed by atoms with Gasteiger partial charge in [0.2, 0.25) is 5.91 Å². The summed E-state index contributed by atoms with van der Waals surface area (Å²) >= 11 is 0. The molecule has 0 saturated heterocycles. The number of hydrogen-bond acceptors (Lipinski definition) is 2. The van der Waals surface area contributed by atoms with Gasteiger partial charge < -0.3 is 10.3 Å². The number of carbonyl (C=O) groups excluding carboxylic acids is 1. The second kappa shape index (κ2) is 8.46. The predicted molar refractivity (Wildman–Crippen MR) is 114 cm³/mol. The van der Waals surface area contributed by atoms with Crippen molar-refractivity contribution in [3.8, 4) is 0 Å². The highest BCUT2D eigenvalue weighted by Gasteiger charge is 2.13. The van der Waals surface area contributed by atoms with Crippen molar-refractivity contribution < 1.29 is 4.79 Å². The van der Waals surface area contributed by atoms with Gasteiger partial charge in [0.25, 0.3) is 0 Å². The molecule has 0 spiro atoms. The zero-order valence-electron chi connectivity index (χ0n) is 16.9. The van der Waals surface area contributed by atoms with Gasteiger partial charge in [-0.15, -0.1) is 0 Å². The lowest BCUT2D eigenvalue weighted by Crippen LogP contribution is -2.26. The fourth-order valence-electron chi connectivity index (χ4n) is 3.31. The van der Waals surface area contributed by atoms with Gasteiger partial charge in [0.1, 0.15) is 0 Å². The van der Waals surface area contributed by atoms with Crippen molar-refractivity contribution >= 4 is 16.9 Å². The van der Waals surface area contributed by atoms with Crippen LogP contribution in [0.15, 0.2) is 53.3 Å². The lowest BCUT2D eigenvalue weighted by atomic mass is 9.86. The fraction of sp³-hybridized carbons (Fsp3) is 0.391. The molecule has 5 nitrogen and oxygen atoms in total. The molecule has 2 aromatic carbocycles. The van der Waals surface area contributed by atoms with Gasteiger partial charge in [0.05, 0.1) is 11.0 Å². The zero-order chi connectivity index (χ0) is 20.1. The van der Waals surface area contributed by atoms with Crippen molar-refractivity contribution in [1.82, 2.24) is 14.9 Å². The Bertz CT molecular complexity index is 991. The number of nitrogens with one attached hydrogen (secondary N) is 2. The summed E-state index contributed by atoms with van der Waals surface area (Å²) in [6, 6.07) is 16.1. The molecule has 0 saturated carbocycles. The zero-order valence-corrected chi connectivity index (χ0v) is 16.9. The molecule has 1 amide bonds. The van der Waals surface area contributed by atoms with E-state index in [4.69, 9.17) is 0 Å². The molecule has 3 aromatic rings. The Hall–Kier alpha value is -2.82. The highest BCUT2D eigenvalue weighted by molar-refractivity contribution is 5.76. The minimum atomic E-state index is -0.105. The van der Waals surface area contributed by atoms with Crippen LogP contribution in [-0.4, -0.2) is 22.0 Å². The Morgan fingerprint density at radius 2 is 1.79 bits per heavy atom. The fourth-order valence-corrected chi connectivity index (χ4v) is 3.31. The van der Waals surface area contributed by atoms with Gasteiger partial charge in [-0.2, -0.15) is 0 Å². The van der Waals surface area contributed by atoms with Crippen LogP contribution in [0.2, 0.25) is 0 Å². The van der Waals surface area contributed by atoms with E-state index in [1.165, 1.54) is 11.1 Å². The first-order valence-corrected chi connectivity index (χ1v) is 9.88. The van der Waals surface area contributed by atoms with E-state index >= 15 is 0 Å². The van der Waals surface area contributed by atoms with Crippen LogP contribution in [-0.2, 0) is 23.2 Å². The van der Waals surface area contributed by atoms with E-state index in [-0.39, 0.29) is 17.0 Å². The number of aryl methyl sites for hydroxylation is 2. The van der Waals surface area contributed by atoms with Crippen LogP contribution in [0.5, 0.6) is 0 Å². The number of H-pyrrole nitrogens is 1. The summed E-state index contributed by atoms with van der Waals surface area (Å²) in [5, 5.41) is 2.95. The van der Waals surface area contributed by atoms with Gasteiger partial charge in [-0.3, -0.25) is 9.36 Å². The monoisotopic (exact) mass is 379 g/mol. The van der Waals surface area contributed by atoms with Crippen molar-refractivity contribution in [1.29, 1.82) is 0 Å². The average molecular weight is 380 g/mol. The normalized spacial score (nSPS) is 11.7. The number of amides is 1. The lowest BCUT2D eigenvalue weighted by molar-refractivity contribution is -0.121. The molecule has 0 aliphatic heterocycles. The topological polar surface area (TPSA) is 66.9 Å². The standard InChI is InChI=1S/C23H29N3O2/c1-23(2,3)18-12-9-17(10-13-18)11-14-21(27)24-15-6-16-26-20-8-5-4-7-19(20)25-22(26)28/h4-5,7-10,12-13H,6,11,14-16H2,1-3H3,(H,24,27)(H,25,28). The van der Waals surface area contributed by atoms with Crippen LogP contribution >= 0.6 is 0 Å². The maximum absolute atomic E-state index is 12.1. The molecule has 28 heavy (non-hydrogen) atoms. The van der Waals surface area contributed by atoms with Crippen LogP contribution < -0.4 is 11.0 Å². The molecule has 3 rings (SSSR count). The molecule has 0 fully saturated rings. The summed E-state index contributed by atoms with van der Waals surface area (Å²) in [7, 11) is 0. The molecule has 0 aliphatic carbocycles. The molecule has 0 unspecified atom stereocenters. The summed E-state index contributed by atoms with van der Waals surface area (Å²) in [4.78, 5) is 27.0. The Morgan fingerprint density at radius 1 is 1.07 bits per heavy atom. The number of para-hydroxylation sites is 2. The van der Waals surface area contributed by atoms with Crippen LogP contribution in [0, 0.1) is 0 Å². The van der Waals surface area contributed by atoms with Crippen molar-refractivity contribution in [2.75, 3.05) is 6.54 Å². The second-order valence-electron chi connectivity index (χ2n) is 8.25. The Kier molecular flexibility index (Phi) is 6.02. The molecule has 0 atom stereocenters. The summed E-state index contributed by atoms with van der Waals surface area (Å²) in [5.74, 6) is 0.0474. The van der Waals surface area contributed by atoms with E-state index in [9.17, 15) is 9.59 Å².